The van der Waals surface area contributed by atoms with E-state index in [2.05, 4.69) is 5.32 Å². The van der Waals surface area contributed by atoms with Crippen molar-refractivity contribution in [2.24, 2.45) is 5.92 Å². The predicted molar refractivity (Wildman–Crippen MR) is 128 cm³/mol. The van der Waals surface area contributed by atoms with Crippen LogP contribution in [0.5, 0.6) is 0 Å². The summed E-state index contributed by atoms with van der Waals surface area (Å²) in [4.78, 5) is 38.8. The summed E-state index contributed by atoms with van der Waals surface area (Å²) in [5.41, 5.74) is 0.837. The third-order valence-corrected chi connectivity index (χ3v) is 9.70. The van der Waals surface area contributed by atoms with Crippen molar-refractivity contribution in [2.75, 3.05) is 26.2 Å². The van der Waals surface area contributed by atoms with Crippen molar-refractivity contribution in [3.63, 3.8) is 0 Å². The van der Waals surface area contributed by atoms with Crippen LogP contribution in [-0.4, -0.2) is 60.9 Å². The normalized spacial score (nSPS) is 19.4. The van der Waals surface area contributed by atoms with Gasteiger partial charge in [-0.25, -0.2) is 8.42 Å². The lowest BCUT2D eigenvalue weighted by atomic mass is 9.97. The van der Waals surface area contributed by atoms with Gasteiger partial charge in [-0.3, -0.25) is 19.3 Å². The maximum atomic E-state index is 12.6. The molecule has 1 N–H and O–H groups in total. The van der Waals surface area contributed by atoms with E-state index >= 15 is 0 Å². The molecule has 0 unspecified atom stereocenters. The molecular weight excluding hydrogens is 482 g/mol. The number of thioether (sulfide) groups is 1. The Bertz CT molecular complexity index is 1160. The van der Waals surface area contributed by atoms with E-state index in [1.54, 1.807) is 23.6 Å². The summed E-state index contributed by atoms with van der Waals surface area (Å²) < 4.78 is 26.9. The molecule has 0 atom stereocenters. The number of nitrogens with one attached hydrogen (secondary N) is 1. The Morgan fingerprint density at radius 3 is 2.48 bits per heavy atom. The molecule has 2 aliphatic heterocycles. The number of imide groups is 1. The van der Waals surface area contributed by atoms with Crippen LogP contribution in [-0.2, 0) is 19.6 Å². The van der Waals surface area contributed by atoms with Gasteiger partial charge >= 0.3 is 0 Å². The van der Waals surface area contributed by atoms with E-state index in [1.807, 2.05) is 30.3 Å². The van der Waals surface area contributed by atoms with Gasteiger partial charge in [0.2, 0.25) is 5.91 Å². The lowest BCUT2D eigenvalue weighted by Gasteiger charge is -2.30. The zero-order valence-corrected chi connectivity index (χ0v) is 20.1. The van der Waals surface area contributed by atoms with Gasteiger partial charge in [0.05, 0.1) is 4.91 Å². The van der Waals surface area contributed by atoms with Crippen molar-refractivity contribution < 1.29 is 22.8 Å². The van der Waals surface area contributed by atoms with E-state index in [4.69, 9.17) is 0 Å². The second-order valence-electron chi connectivity index (χ2n) is 7.65. The predicted octanol–water partition coefficient (Wildman–Crippen LogP) is 3.00. The number of nitrogens with zero attached hydrogens (tertiary/aromatic N) is 2. The number of rotatable bonds is 7. The first-order valence-corrected chi connectivity index (χ1v) is 13.6. The quantitative estimate of drug-likeness (QED) is 0.580. The number of hydrogen-bond donors (Lipinski definition) is 1. The largest absolute Gasteiger partial charge is 0.354 e. The molecule has 0 saturated carbocycles. The fourth-order valence-corrected chi connectivity index (χ4v) is 7.20. The molecule has 33 heavy (non-hydrogen) atoms. The molecular formula is C22H23N3O5S3. The van der Waals surface area contributed by atoms with E-state index in [1.165, 1.54) is 15.6 Å². The van der Waals surface area contributed by atoms with Crippen LogP contribution >= 0.6 is 23.1 Å². The number of hydrogen-bond acceptors (Lipinski definition) is 7. The number of thiophene rings is 1. The summed E-state index contributed by atoms with van der Waals surface area (Å²) in [5, 5.41) is 4.15. The van der Waals surface area contributed by atoms with Crippen LogP contribution in [0, 0.1) is 5.92 Å². The molecule has 2 fully saturated rings. The molecule has 0 aliphatic carbocycles. The van der Waals surface area contributed by atoms with E-state index in [0.717, 1.165) is 22.2 Å². The van der Waals surface area contributed by atoms with Gasteiger partial charge in [-0.2, -0.15) is 4.31 Å². The molecule has 3 amide bonds. The topological polar surface area (TPSA) is 104 Å². The molecule has 0 radical (unpaired) electrons. The maximum absolute atomic E-state index is 12.6. The van der Waals surface area contributed by atoms with Gasteiger partial charge in [-0.1, -0.05) is 36.4 Å². The molecule has 3 heterocycles. The van der Waals surface area contributed by atoms with E-state index in [-0.39, 0.29) is 49.2 Å². The van der Waals surface area contributed by atoms with Crippen LogP contribution in [0.25, 0.3) is 6.08 Å². The molecule has 2 saturated heterocycles. The molecule has 4 rings (SSSR count). The van der Waals surface area contributed by atoms with Crippen molar-refractivity contribution >= 4 is 56.3 Å². The lowest BCUT2D eigenvalue weighted by molar-refractivity contribution is -0.127. The zero-order valence-electron chi connectivity index (χ0n) is 17.7. The standard InChI is InChI=1S/C22H23N3O5S3/c26-20(17-8-11-24(12-9-17)33(29,30)19-7-4-14-31-19)23-10-13-25-21(27)18(32-22(25)28)15-16-5-2-1-3-6-16/h1-7,14-15,17H,8-13H2,(H,23,26)/b18-15+. The first-order chi connectivity index (χ1) is 15.9. The first-order valence-electron chi connectivity index (χ1n) is 10.5. The Morgan fingerprint density at radius 2 is 1.82 bits per heavy atom. The smallest absolute Gasteiger partial charge is 0.293 e. The number of carbonyl (C=O) groups excluding carboxylic acids is 3. The summed E-state index contributed by atoms with van der Waals surface area (Å²) in [6, 6.07) is 12.6. The molecule has 0 bridgehead atoms. The summed E-state index contributed by atoms with van der Waals surface area (Å²) >= 11 is 2.07. The zero-order chi connectivity index (χ0) is 23.4. The van der Waals surface area contributed by atoms with Crippen LogP contribution in [0.15, 0.2) is 57.0 Å². The first kappa shape index (κ1) is 23.7. The third kappa shape index (κ3) is 5.37. The SMILES string of the molecule is O=C(NCCN1C(=O)S/C(=C/c2ccccc2)C1=O)C1CCN(S(=O)(=O)c2cccs2)CC1. The Balaban J connectivity index is 1.25. The van der Waals surface area contributed by atoms with Gasteiger partial charge in [0.1, 0.15) is 4.21 Å². The number of sulfonamides is 1. The molecule has 11 heteroatoms. The van der Waals surface area contributed by atoms with Gasteiger partial charge in [0.15, 0.2) is 0 Å². The van der Waals surface area contributed by atoms with Gasteiger partial charge < -0.3 is 5.32 Å². The molecule has 174 valence electrons. The third-order valence-electron chi connectivity index (χ3n) is 5.52. The van der Waals surface area contributed by atoms with Gasteiger partial charge in [0, 0.05) is 32.1 Å². The minimum Gasteiger partial charge on any atom is -0.354 e. The molecule has 1 aromatic carbocycles. The van der Waals surface area contributed by atoms with Gasteiger partial charge in [-0.15, -0.1) is 11.3 Å². The summed E-state index contributed by atoms with van der Waals surface area (Å²) in [5.74, 6) is -0.849. The number of piperidine rings is 1. The van der Waals surface area contributed by atoms with E-state index < -0.39 is 10.0 Å². The summed E-state index contributed by atoms with van der Waals surface area (Å²) in [6.07, 6.45) is 2.54. The molecule has 8 nitrogen and oxygen atoms in total. The van der Waals surface area contributed by atoms with Gasteiger partial charge in [0.25, 0.3) is 21.2 Å². The van der Waals surface area contributed by atoms with Crippen molar-refractivity contribution in [2.45, 2.75) is 17.1 Å². The number of carbonyl (C=O) groups is 3. The Labute approximate surface area is 200 Å². The molecule has 2 aliphatic rings. The molecule has 2 aromatic rings. The monoisotopic (exact) mass is 505 g/mol. The number of amides is 3. The van der Waals surface area contributed by atoms with Crippen LogP contribution < -0.4 is 5.32 Å². The van der Waals surface area contributed by atoms with Gasteiger partial charge in [-0.05, 0) is 47.7 Å². The fourth-order valence-electron chi connectivity index (χ4n) is 3.72. The Morgan fingerprint density at radius 1 is 1.09 bits per heavy atom. The molecule has 0 spiro atoms. The lowest BCUT2D eigenvalue weighted by Crippen LogP contribution is -2.44. The second kappa shape index (κ2) is 10.2. The van der Waals surface area contributed by atoms with Crippen LogP contribution in [0.1, 0.15) is 18.4 Å². The Kier molecular flexibility index (Phi) is 7.32. The van der Waals surface area contributed by atoms with Crippen LogP contribution in [0.4, 0.5) is 4.79 Å². The van der Waals surface area contributed by atoms with Crippen LogP contribution in [0.3, 0.4) is 0 Å². The maximum Gasteiger partial charge on any atom is 0.293 e. The second-order valence-corrected chi connectivity index (χ2v) is 11.8. The molecule has 1 aromatic heterocycles. The highest BCUT2D eigenvalue weighted by atomic mass is 32.2. The number of benzene rings is 1. The Hall–Kier alpha value is -2.47. The van der Waals surface area contributed by atoms with Crippen molar-refractivity contribution in [3.8, 4) is 0 Å². The fraction of sp³-hybridized carbons (Fsp3) is 0.318. The average Bonchev–Trinajstić information content (AvgIpc) is 3.45. The highest BCUT2D eigenvalue weighted by Crippen LogP contribution is 2.32. The van der Waals surface area contributed by atoms with Crippen molar-refractivity contribution in [1.29, 1.82) is 0 Å². The van der Waals surface area contributed by atoms with Crippen LogP contribution in [0.2, 0.25) is 0 Å². The average molecular weight is 506 g/mol. The minimum absolute atomic E-state index is 0.0914. The van der Waals surface area contributed by atoms with E-state index in [0.29, 0.717) is 22.0 Å². The highest BCUT2D eigenvalue weighted by Gasteiger charge is 2.35. The highest BCUT2D eigenvalue weighted by molar-refractivity contribution is 8.18. The van der Waals surface area contributed by atoms with E-state index in [9.17, 15) is 22.8 Å². The minimum atomic E-state index is -3.51. The van der Waals surface area contributed by atoms with Crippen molar-refractivity contribution in [3.05, 3.63) is 58.3 Å². The van der Waals surface area contributed by atoms with Crippen molar-refractivity contribution in [1.82, 2.24) is 14.5 Å². The summed E-state index contributed by atoms with van der Waals surface area (Å²) in [6.45, 7) is 0.814. The summed E-state index contributed by atoms with van der Waals surface area (Å²) in [7, 11) is -3.51.